The standard InChI is InChI=1S/C13H17NO5S/c1-9(7-13(16)17)6-12(15)14-10-4-3-5-11(8-10)20(2,18)19/h3-5,8-9H,6-7H2,1-2H3,(H,14,15)(H,16,17). The fourth-order valence-corrected chi connectivity index (χ4v) is 2.37. The van der Waals surface area contributed by atoms with E-state index in [4.69, 9.17) is 5.11 Å². The molecule has 0 aliphatic rings. The van der Waals surface area contributed by atoms with Gasteiger partial charge in [-0.05, 0) is 24.1 Å². The van der Waals surface area contributed by atoms with Crippen molar-refractivity contribution in [2.75, 3.05) is 11.6 Å². The largest absolute Gasteiger partial charge is 0.481 e. The van der Waals surface area contributed by atoms with Gasteiger partial charge in [0.05, 0.1) is 4.90 Å². The molecule has 0 radical (unpaired) electrons. The van der Waals surface area contributed by atoms with Crippen LogP contribution in [0.2, 0.25) is 0 Å². The Morgan fingerprint density at radius 1 is 1.30 bits per heavy atom. The lowest BCUT2D eigenvalue weighted by molar-refractivity contribution is -0.138. The molecule has 0 saturated carbocycles. The van der Waals surface area contributed by atoms with Crippen molar-refractivity contribution in [3.8, 4) is 0 Å². The van der Waals surface area contributed by atoms with Crippen LogP contribution in [-0.2, 0) is 19.4 Å². The zero-order valence-electron chi connectivity index (χ0n) is 11.3. The summed E-state index contributed by atoms with van der Waals surface area (Å²) in [4.78, 5) is 22.3. The summed E-state index contributed by atoms with van der Waals surface area (Å²) in [5, 5.41) is 11.2. The number of carbonyl (C=O) groups excluding carboxylic acids is 1. The Morgan fingerprint density at radius 2 is 1.95 bits per heavy atom. The Morgan fingerprint density at radius 3 is 2.50 bits per heavy atom. The first-order valence-corrected chi connectivity index (χ1v) is 7.89. The van der Waals surface area contributed by atoms with Crippen molar-refractivity contribution >= 4 is 27.4 Å². The summed E-state index contributed by atoms with van der Waals surface area (Å²) in [6.07, 6.45) is 1.06. The number of amides is 1. The molecule has 0 saturated heterocycles. The van der Waals surface area contributed by atoms with Crippen LogP contribution in [0, 0.1) is 5.92 Å². The molecular formula is C13H17NO5S. The van der Waals surface area contributed by atoms with Crippen LogP contribution in [0.5, 0.6) is 0 Å². The summed E-state index contributed by atoms with van der Waals surface area (Å²) in [7, 11) is -3.33. The SMILES string of the molecule is CC(CC(=O)O)CC(=O)Nc1cccc(S(C)(=O)=O)c1. The van der Waals surface area contributed by atoms with Crippen LogP contribution >= 0.6 is 0 Å². The summed E-state index contributed by atoms with van der Waals surface area (Å²) in [5.74, 6) is -1.58. The quantitative estimate of drug-likeness (QED) is 0.829. The molecule has 1 amide bonds. The molecule has 0 bridgehead atoms. The van der Waals surface area contributed by atoms with E-state index in [1.165, 1.54) is 18.2 Å². The molecule has 0 aliphatic carbocycles. The highest BCUT2D eigenvalue weighted by atomic mass is 32.2. The number of carbonyl (C=O) groups is 2. The van der Waals surface area contributed by atoms with Crippen LogP contribution in [0.1, 0.15) is 19.8 Å². The number of sulfone groups is 1. The average molecular weight is 299 g/mol. The third-order valence-electron chi connectivity index (χ3n) is 2.60. The van der Waals surface area contributed by atoms with Crippen molar-refractivity contribution in [1.29, 1.82) is 0 Å². The van der Waals surface area contributed by atoms with Crippen LogP contribution in [0.25, 0.3) is 0 Å². The summed E-state index contributed by atoms with van der Waals surface area (Å²) in [5.41, 5.74) is 0.375. The molecule has 0 fully saturated rings. The highest BCUT2D eigenvalue weighted by Gasteiger charge is 2.13. The third-order valence-corrected chi connectivity index (χ3v) is 3.71. The van der Waals surface area contributed by atoms with Gasteiger partial charge in [0.15, 0.2) is 9.84 Å². The smallest absolute Gasteiger partial charge is 0.303 e. The van der Waals surface area contributed by atoms with Crippen LogP contribution in [-0.4, -0.2) is 31.7 Å². The van der Waals surface area contributed by atoms with E-state index in [9.17, 15) is 18.0 Å². The van der Waals surface area contributed by atoms with Gasteiger partial charge < -0.3 is 10.4 Å². The first kappa shape index (κ1) is 16.2. The molecular weight excluding hydrogens is 282 g/mol. The highest BCUT2D eigenvalue weighted by molar-refractivity contribution is 7.90. The van der Waals surface area contributed by atoms with Gasteiger partial charge in [-0.1, -0.05) is 13.0 Å². The number of carboxylic acid groups (broad SMARTS) is 1. The van der Waals surface area contributed by atoms with E-state index in [0.29, 0.717) is 5.69 Å². The molecule has 2 N–H and O–H groups in total. The predicted octanol–water partition coefficient (Wildman–Crippen LogP) is 1.53. The van der Waals surface area contributed by atoms with Gasteiger partial charge in [-0.3, -0.25) is 9.59 Å². The molecule has 20 heavy (non-hydrogen) atoms. The van der Waals surface area contributed by atoms with Crippen LogP contribution < -0.4 is 5.32 Å². The van der Waals surface area contributed by atoms with E-state index in [1.54, 1.807) is 13.0 Å². The van der Waals surface area contributed by atoms with E-state index in [2.05, 4.69) is 5.32 Å². The van der Waals surface area contributed by atoms with Gasteiger partial charge >= 0.3 is 5.97 Å². The van der Waals surface area contributed by atoms with Crippen molar-refractivity contribution in [1.82, 2.24) is 0 Å². The molecule has 1 unspecified atom stereocenters. The molecule has 6 nitrogen and oxygen atoms in total. The highest BCUT2D eigenvalue weighted by Crippen LogP contribution is 2.16. The Balaban J connectivity index is 2.69. The Labute approximate surface area is 117 Å². The summed E-state index contributed by atoms with van der Waals surface area (Å²) < 4.78 is 22.8. The summed E-state index contributed by atoms with van der Waals surface area (Å²) >= 11 is 0. The van der Waals surface area contributed by atoms with Crippen LogP contribution in [0.3, 0.4) is 0 Å². The molecule has 1 atom stereocenters. The number of hydrogen-bond donors (Lipinski definition) is 2. The van der Waals surface area contributed by atoms with E-state index >= 15 is 0 Å². The zero-order chi connectivity index (χ0) is 15.3. The van der Waals surface area contributed by atoms with Gasteiger partial charge in [-0.25, -0.2) is 8.42 Å². The lowest BCUT2D eigenvalue weighted by atomic mass is 10.0. The molecule has 1 aromatic rings. The first-order chi connectivity index (χ1) is 9.18. The molecule has 0 spiro atoms. The first-order valence-electron chi connectivity index (χ1n) is 6.00. The van der Waals surface area contributed by atoms with E-state index in [0.717, 1.165) is 6.26 Å². The molecule has 110 valence electrons. The van der Waals surface area contributed by atoms with Gasteiger partial charge in [0.25, 0.3) is 0 Å². The monoisotopic (exact) mass is 299 g/mol. The molecule has 0 aliphatic heterocycles. The van der Waals surface area contributed by atoms with Crippen molar-refractivity contribution in [3.63, 3.8) is 0 Å². The number of benzene rings is 1. The topological polar surface area (TPSA) is 101 Å². The van der Waals surface area contributed by atoms with Gasteiger partial charge in [-0.2, -0.15) is 0 Å². The number of rotatable bonds is 6. The zero-order valence-corrected chi connectivity index (χ0v) is 12.1. The van der Waals surface area contributed by atoms with Crippen molar-refractivity contribution < 1.29 is 23.1 Å². The Kier molecular flexibility index (Phi) is 5.26. The molecule has 0 aromatic heterocycles. The second kappa shape index (κ2) is 6.51. The Bertz CT molecular complexity index is 609. The fraction of sp³-hybridized carbons (Fsp3) is 0.385. The average Bonchev–Trinajstić information content (AvgIpc) is 2.26. The number of nitrogens with one attached hydrogen (secondary N) is 1. The number of hydrogen-bond acceptors (Lipinski definition) is 4. The van der Waals surface area contributed by atoms with Gasteiger partial charge in [0.2, 0.25) is 5.91 Å². The molecule has 1 aromatic carbocycles. The third kappa shape index (κ3) is 5.40. The van der Waals surface area contributed by atoms with Gasteiger partial charge in [0, 0.05) is 24.8 Å². The second-order valence-corrected chi connectivity index (χ2v) is 6.77. The lowest BCUT2D eigenvalue weighted by Crippen LogP contribution is -2.17. The molecule has 7 heteroatoms. The number of anilines is 1. The second-order valence-electron chi connectivity index (χ2n) is 4.76. The van der Waals surface area contributed by atoms with Crippen molar-refractivity contribution in [3.05, 3.63) is 24.3 Å². The van der Waals surface area contributed by atoms with Crippen LogP contribution in [0.15, 0.2) is 29.2 Å². The normalized spacial score (nSPS) is 12.7. The number of carboxylic acids is 1. The minimum Gasteiger partial charge on any atom is -0.481 e. The van der Waals surface area contributed by atoms with E-state index in [1.807, 2.05) is 0 Å². The van der Waals surface area contributed by atoms with Gasteiger partial charge in [-0.15, -0.1) is 0 Å². The Hall–Kier alpha value is -1.89. The van der Waals surface area contributed by atoms with Crippen LogP contribution in [0.4, 0.5) is 5.69 Å². The van der Waals surface area contributed by atoms with Crippen molar-refractivity contribution in [2.24, 2.45) is 5.92 Å². The minimum atomic E-state index is -3.33. The maximum absolute atomic E-state index is 11.7. The maximum Gasteiger partial charge on any atom is 0.303 e. The fourth-order valence-electron chi connectivity index (χ4n) is 1.70. The van der Waals surface area contributed by atoms with Gasteiger partial charge in [0.1, 0.15) is 0 Å². The van der Waals surface area contributed by atoms with E-state index in [-0.39, 0.29) is 29.6 Å². The predicted molar refractivity (Wildman–Crippen MR) is 74.2 cm³/mol. The number of aliphatic carboxylic acids is 1. The molecule has 0 heterocycles. The van der Waals surface area contributed by atoms with Crippen molar-refractivity contribution in [2.45, 2.75) is 24.7 Å². The maximum atomic E-state index is 11.7. The van der Waals surface area contributed by atoms with E-state index < -0.39 is 15.8 Å². The molecule has 1 rings (SSSR count). The minimum absolute atomic E-state index is 0.0649. The summed E-state index contributed by atoms with van der Waals surface area (Å²) in [6, 6.07) is 5.92. The summed E-state index contributed by atoms with van der Waals surface area (Å²) in [6.45, 7) is 1.67. The lowest BCUT2D eigenvalue weighted by Gasteiger charge is -2.10.